The first kappa shape index (κ1) is 14.8. The second-order valence-electron chi connectivity index (χ2n) is 5.47. The highest BCUT2D eigenvalue weighted by Crippen LogP contribution is 2.18. The van der Waals surface area contributed by atoms with Gasteiger partial charge >= 0.3 is 5.69 Å². The molecule has 0 aromatic carbocycles. The molecule has 0 fully saturated rings. The van der Waals surface area contributed by atoms with Crippen molar-refractivity contribution in [3.05, 3.63) is 26.1 Å². The summed E-state index contributed by atoms with van der Waals surface area (Å²) >= 11 is 6.05. The van der Waals surface area contributed by atoms with Gasteiger partial charge in [-0.1, -0.05) is 0 Å². The van der Waals surface area contributed by atoms with Gasteiger partial charge in [0.2, 0.25) is 5.28 Å². The van der Waals surface area contributed by atoms with Gasteiger partial charge in [-0.15, -0.1) is 0 Å². The molecule has 2 heterocycles. The van der Waals surface area contributed by atoms with Crippen LogP contribution in [0.15, 0.2) is 9.59 Å². The van der Waals surface area contributed by atoms with Gasteiger partial charge in [0, 0.05) is 20.6 Å². The van der Waals surface area contributed by atoms with Gasteiger partial charge in [0.1, 0.15) is 0 Å². The molecule has 20 heavy (non-hydrogen) atoms. The van der Waals surface area contributed by atoms with E-state index < -0.39 is 16.9 Å². The number of hydrogen-bond acceptors (Lipinski definition) is 4. The van der Waals surface area contributed by atoms with E-state index in [0.717, 1.165) is 4.57 Å². The van der Waals surface area contributed by atoms with E-state index in [0.29, 0.717) is 13.0 Å². The molecule has 0 atom stereocenters. The Kier molecular flexibility index (Phi) is 3.51. The van der Waals surface area contributed by atoms with Crippen molar-refractivity contribution in [3.63, 3.8) is 0 Å². The predicted octanol–water partition coefficient (Wildman–Crippen LogP) is 0.248. The topological polar surface area (TPSA) is 82.0 Å². The Morgan fingerprint density at radius 3 is 2.40 bits per heavy atom. The lowest BCUT2D eigenvalue weighted by Gasteiger charge is -2.17. The summed E-state index contributed by atoms with van der Waals surface area (Å²) in [5.74, 6) is 0. The van der Waals surface area contributed by atoms with Gasteiger partial charge in [-0.25, -0.2) is 4.79 Å². The second-order valence-corrected chi connectivity index (χ2v) is 5.81. The Bertz CT molecular complexity index is 779. The quantitative estimate of drug-likeness (QED) is 0.824. The average molecular weight is 301 g/mol. The molecular formula is C12H17ClN4O3. The van der Waals surface area contributed by atoms with E-state index in [9.17, 15) is 14.7 Å². The van der Waals surface area contributed by atoms with Gasteiger partial charge in [0.05, 0.1) is 5.60 Å². The smallest absolute Gasteiger partial charge is 0.332 e. The third-order valence-corrected chi connectivity index (χ3v) is 3.54. The summed E-state index contributed by atoms with van der Waals surface area (Å²) in [4.78, 5) is 28.1. The molecule has 2 rings (SSSR count). The fourth-order valence-electron chi connectivity index (χ4n) is 2.01. The first-order valence-electron chi connectivity index (χ1n) is 6.17. The first-order chi connectivity index (χ1) is 9.13. The molecule has 0 saturated heterocycles. The number of halogens is 1. The molecular weight excluding hydrogens is 284 g/mol. The lowest BCUT2D eigenvalue weighted by Crippen LogP contribution is -2.37. The van der Waals surface area contributed by atoms with Gasteiger partial charge in [-0.05, 0) is 31.9 Å². The van der Waals surface area contributed by atoms with E-state index in [1.807, 2.05) is 0 Å². The number of imidazole rings is 1. The number of rotatable bonds is 3. The maximum absolute atomic E-state index is 12.2. The van der Waals surface area contributed by atoms with E-state index >= 15 is 0 Å². The highest BCUT2D eigenvalue weighted by Gasteiger charge is 2.20. The zero-order chi connectivity index (χ0) is 15.2. The fourth-order valence-corrected chi connectivity index (χ4v) is 2.26. The van der Waals surface area contributed by atoms with Crippen LogP contribution < -0.4 is 11.2 Å². The maximum Gasteiger partial charge on any atom is 0.332 e. The average Bonchev–Trinajstić information content (AvgIpc) is 2.67. The molecule has 110 valence electrons. The van der Waals surface area contributed by atoms with Crippen molar-refractivity contribution in [2.45, 2.75) is 32.4 Å². The molecule has 0 spiro atoms. The number of nitrogens with zero attached hydrogens (tertiary/aromatic N) is 4. The largest absolute Gasteiger partial charge is 0.390 e. The number of aromatic nitrogens is 4. The Morgan fingerprint density at radius 1 is 1.25 bits per heavy atom. The van der Waals surface area contributed by atoms with Crippen LogP contribution in [0.25, 0.3) is 11.2 Å². The van der Waals surface area contributed by atoms with E-state index in [2.05, 4.69) is 4.98 Å². The summed E-state index contributed by atoms with van der Waals surface area (Å²) in [7, 11) is 2.94. The fraction of sp³-hybridized carbons (Fsp3) is 0.583. The van der Waals surface area contributed by atoms with E-state index in [-0.39, 0.29) is 16.4 Å². The van der Waals surface area contributed by atoms with Crippen molar-refractivity contribution in [2.24, 2.45) is 14.1 Å². The van der Waals surface area contributed by atoms with Gasteiger partial charge < -0.3 is 9.67 Å². The van der Waals surface area contributed by atoms with Crippen LogP contribution in [0.3, 0.4) is 0 Å². The Labute approximate surface area is 120 Å². The van der Waals surface area contributed by atoms with Crippen LogP contribution in [0.4, 0.5) is 0 Å². The summed E-state index contributed by atoms with van der Waals surface area (Å²) in [5, 5.41) is 9.91. The predicted molar refractivity (Wildman–Crippen MR) is 76.1 cm³/mol. The standard InChI is InChI=1S/C12H17ClN4O3/c1-12(2,20)5-6-17-7-8(14-10(17)13)15(3)11(19)16(4)9(7)18/h20H,5-6H2,1-4H3. The van der Waals surface area contributed by atoms with Crippen molar-refractivity contribution in [2.75, 3.05) is 0 Å². The van der Waals surface area contributed by atoms with Gasteiger partial charge in [0.15, 0.2) is 11.2 Å². The molecule has 2 aromatic heterocycles. The number of fused-ring (bicyclic) bond motifs is 1. The molecule has 0 saturated carbocycles. The summed E-state index contributed by atoms with van der Waals surface area (Å²) in [6.45, 7) is 3.69. The van der Waals surface area contributed by atoms with Gasteiger partial charge in [0.25, 0.3) is 5.56 Å². The Morgan fingerprint density at radius 2 is 1.85 bits per heavy atom. The van der Waals surface area contributed by atoms with E-state index in [1.165, 1.54) is 23.2 Å². The maximum atomic E-state index is 12.2. The third-order valence-electron chi connectivity index (χ3n) is 3.25. The Balaban J connectivity index is 2.71. The normalized spacial score (nSPS) is 12.3. The molecule has 0 unspecified atom stereocenters. The van der Waals surface area contributed by atoms with Crippen LogP contribution in [0, 0.1) is 0 Å². The van der Waals surface area contributed by atoms with Crippen molar-refractivity contribution < 1.29 is 5.11 Å². The van der Waals surface area contributed by atoms with Gasteiger partial charge in [-0.3, -0.25) is 13.9 Å². The van der Waals surface area contributed by atoms with Crippen LogP contribution in [0.5, 0.6) is 0 Å². The molecule has 8 heteroatoms. The van der Waals surface area contributed by atoms with Crippen molar-refractivity contribution >= 4 is 22.8 Å². The van der Waals surface area contributed by atoms with Crippen molar-refractivity contribution in [1.82, 2.24) is 18.7 Å². The minimum absolute atomic E-state index is 0.127. The summed E-state index contributed by atoms with van der Waals surface area (Å²) in [5.41, 5.74) is -1.27. The molecule has 0 aliphatic carbocycles. The Hall–Kier alpha value is -1.60. The van der Waals surface area contributed by atoms with E-state index in [1.54, 1.807) is 13.8 Å². The number of hydrogen-bond donors (Lipinski definition) is 1. The SMILES string of the molecule is Cn1c(=O)c2c(nc(Cl)n2CCC(C)(C)O)n(C)c1=O. The third kappa shape index (κ3) is 2.38. The highest BCUT2D eigenvalue weighted by atomic mass is 35.5. The van der Waals surface area contributed by atoms with Crippen LogP contribution in [-0.4, -0.2) is 29.4 Å². The van der Waals surface area contributed by atoms with Crippen molar-refractivity contribution in [1.29, 1.82) is 0 Å². The molecule has 0 aliphatic heterocycles. The summed E-state index contributed by atoms with van der Waals surface area (Å²) in [6, 6.07) is 0. The zero-order valence-electron chi connectivity index (χ0n) is 11.8. The molecule has 1 N–H and O–H groups in total. The zero-order valence-corrected chi connectivity index (χ0v) is 12.6. The van der Waals surface area contributed by atoms with Crippen molar-refractivity contribution in [3.8, 4) is 0 Å². The van der Waals surface area contributed by atoms with Crippen LogP contribution in [0.2, 0.25) is 5.28 Å². The van der Waals surface area contributed by atoms with Crippen LogP contribution >= 0.6 is 11.6 Å². The molecule has 2 aromatic rings. The minimum atomic E-state index is -0.883. The molecule has 7 nitrogen and oxygen atoms in total. The monoisotopic (exact) mass is 300 g/mol. The minimum Gasteiger partial charge on any atom is -0.390 e. The molecule has 0 radical (unpaired) electrons. The summed E-state index contributed by atoms with van der Waals surface area (Å²) in [6.07, 6.45) is 0.407. The lowest BCUT2D eigenvalue weighted by molar-refractivity contribution is 0.0665. The number of aryl methyl sites for hydroxylation is 2. The van der Waals surface area contributed by atoms with Crippen LogP contribution in [0.1, 0.15) is 20.3 Å². The highest BCUT2D eigenvalue weighted by molar-refractivity contribution is 6.29. The molecule has 0 amide bonds. The second kappa shape index (κ2) is 4.75. The van der Waals surface area contributed by atoms with Crippen LogP contribution in [-0.2, 0) is 20.6 Å². The van der Waals surface area contributed by atoms with E-state index in [4.69, 9.17) is 11.6 Å². The van der Waals surface area contributed by atoms with Gasteiger partial charge in [-0.2, -0.15) is 4.98 Å². The lowest BCUT2D eigenvalue weighted by atomic mass is 10.1. The molecule has 0 aliphatic rings. The molecule has 0 bridgehead atoms. The first-order valence-corrected chi connectivity index (χ1v) is 6.55. The summed E-state index contributed by atoms with van der Waals surface area (Å²) < 4.78 is 3.82. The number of aliphatic hydroxyl groups is 1.